The van der Waals surface area contributed by atoms with Gasteiger partial charge in [0, 0.05) is 16.7 Å². The van der Waals surface area contributed by atoms with Gasteiger partial charge in [-0.2, -0.15) is 5.10 Å². The quantitative estimate of drug-likeness (QED) is 0.321. The van der Waals surface area contributed by atoms with E-state index in [9.17, 15) is 14.4 Å². The first kappa shape index (κ1) is 18.8. The summed E-state index contributed by atoms with van der Waals surface area (Å²) in [4.78, 5) is 34.4. The maximum Gasteiger partial charge on any atom is 0.329 e. The van der Waals surface area contributed by atoms with Crippen LogP contribution in [0.1, 0.15) is 13.3 Å². The van der Waals surface area contributed by atoms with E-state index < -0.39 is 11.8 Å². The third-order valence-corrected chi connectivity index (χ3v) is 3.21. The van der Waals surface area contributed by atoms with Gasteiger partial charge >= 0.3 is 11.8 Å². The second-order valence-corrected chi connectivity index (χ2v) is 5.33. The minimum Gasteiger partial charge on any atom is -0.395 e. The average molecular weight is 385 g/mol. The number of benzene rings is 1. The highest BCUT2D eigenvalue weighted by molar-refractivity contribution is 9.10. The summed E-state index contributed by atoms with van der Waals surface area (Å²) in [5.74, 6) is -2.19. The highest BCUT2D eigenvalue weighted by Crippen LogP contribution is 2.21. The van der Waals surface area contributed by atoms with Gasteiger partial charge in [-0.25, -0.2) is 5.43 Å². The molecule has 0 aliphatic rings. The minimum absolute atomic E-state index is 0.0245. The van der Waals surface area contributed by atoms with Crippen molar-refractivity contribution in [2.75, 3.05) is 18.5 Å². The molecule has 0 atom stereocenters. The number of nitrogens with one attached hydrogen (secondary N) is 3. The number of nitrogens with zero attached hydrogens (tertiary/aromatic N) is 1. The van der Waals surface area contributed by atoms with Crippen molar-refractivity contribution in [3.05, 3.63) is 28.7 Å². The van der Waals surface area contributed by atoms with Crippen LogP contribution in [0.5, 0.6) is 0 Å². The number of aliphatic hydroxyl groups excluding tert-OH is 1. The Balaban J connectivity index is 2.47. The van der Waals surface area contributed by atoms with Crippen LogP contribution in [0.4, 0.5) is 5.69 Å². The zero-order chi connectivity index (χ0) is 17.2. The molecule has 4 N–H and O–H groups in total. The first-order chi connectivity index (χ1) is 10.9. The number of hydrogen-bond donors (Lipinski definition) is 4. The van der Waals surface area contributed by atoms with Crippen molar-refractivity contribution >= 4 is 45.1 Å². The predicted molar refractivity (Wildman–Crippen MR) is 88.7 cm³/mol. The largest absolute Gasteiger partial charge is 0.395 e. The molecule has 3 amide bonds. The minimum atomic E-state index is -0.969. The van der Waals surface area contributed by atoms with Crippen molar-refractivity contribution in [2.45, 2.75) is 13.3 Å². The van der Waals surface area contributed by atoms with E-state index in [2.05, 4.69) is 31.7 Å². The van der Waals surface area contributed by atoms with Gasteiger partial charge < -0.3 is 15.7 Å². The van der Waals surface area contributed by atoms with Gasteiger partial charge in [0.25, 0.3) is 0 Å². The highest BCUT2D eigenvalue weighted by atomic mass is 79.9. The van der Waals surface area contributed by atoms with Crippen LogP contribution in [0.3, 0.4) is 0 Å². The number of halogens is 1. The Morgan fingerprint density at radius 2 is 1.91 bits per heavy atom. The number of anilines is 1. The number of para-hydroxylation sites is 1. The first-order valence-corrected chi connectivity index (χ1v) is 7.50. The van der Waals surface area contributed by atoms with E-state index in [0.29, 0.717) is 11.4 Å². The summed E-state index contributed by atoms with van der Waals surface area (Å²) in [6.45, 7) is 1.26. The second kappa shape index (κ2) is 9.70. The number of carbonyl (C=O) groups is 3. The summed E-state index contributed by atoms with van der Waals surface area (Å²) in [6.07, 6.45) is -0.0418. The summed E-state index contributed by atoms with van der Waals surface area (Å²) in [5.41, 5.74) is 2.99. The van der Waals surface area contributed by atoms with Crippen LogP contribution in [0.25, 0.3) is 0 Å². The smallest absolute Gasteiger partial charge is 0.329 e. The molecule has 8 nitrogen and oxygen atoms in total. The molecule has 0 aliphatic heterocycles. The molecule has 0 fully saturated rings. The molecule has 0 spiro atoms. The van der Waals surface area contributed by atoms with E-state index in [0.717, 1.165) is 4.47 Å². The van der Waals surface area contributed by atoms with Crippen molar-refractivity contribution in [3.8, 4) is 0 Å². The molecule has 0 unspecified atom stereocenters. The van der Waals surface area contributed by atoms with E-state index >= 15 is 0 Å². The predicted octanol–water partition coefficient (Wildman–Crippen LogP) is 0.378. The summed E-state index contributed by atoms with van der Waals surface area (Å²) >= 11 is 3.31. The SMILES string of the molecule is CC(CC(=O)Nc1ccccc1Br)=NNC(=O)C(=O)NCCO. The standard InChI is InChI=1S/C14H17BrN4O4/c1-9(18-19-14(23)13(22)16-6-7-20)8-12(21)17-11-5-3-2-4-10(11)15/h2-5,20H,6-8H2,1H3,(H,16,22)(H,17,21)(H,19,23). The molecule has 0 aromatic heterocycles. The lowest BCUT2D eigenvalue weighted by Crippen LogP contribution is -2.39. The zero-order valence-electron chi connectivity index (χ0n) is 12.4. The topological polar surface area (TPSA) is 120 Å². The van der Waals surface area contributed by atoms with Gasteiger partial charge in [0.2, 0.25) is 5.91 Å². The molecule has 9 heteroatoms. The third-order valence-electron chi connectivity index (χ3n) is 2.52. The van der Waals surface area contributed by atoms with Crippen LogP contribution in [-0.4, -0.2) is 41.7 Å². The number of hydrogen-bond acceptors (Lipinski definition) is 5. The molecule has 124 valence electrons. The Morgan fingerprint density at radius 3 is 2.57 bits per heavy atom. The molecule has 0 heterocycles. The van der Waals surface area contributed by atoms with Crippen LogP contribution in [0.15, 0.2) is 33.8 Å². The lowest BCUT2D eigenvalue weighted by Gasteiger charge is -2.07. The Morgan fingerprint density at radius 1 is 1.22 bits per heavy atom. The number of aliphatic hydroxyl groups is 1. The molecular formula is C14H17BrN4O4. The second-order valence-electron chi connectivity index (χ2n) is 4.47. The Hall–Kier alpha value is -2.26. The molecule has 0 saturated carbocycles. The molecule has 0 aliphatic carbocycles. The van der Waals surface area contributed by atoms with Gasteiger partial charge in [-0.3, -0.25) is 14.4 Å². The fourth-order valence-electron chi connectivity index (χ4n) is 1.48. The van der Waals surface area contributed by atoms with Gasteiger partial charge in [0.1, 0.15) is 0 Å². The summed E-state index contributed by atoms with van der Waals surface area (Å²) in [5, 5.41) is 17.1. The van der Waals surface area contributed by atoms with E-state index in [1.54, 1.807) is 25.1 Å². The van der Waals surface area contributed by atoms with Crippen molar-refractivity contribution in [2.24, 2.45) is 5.10 Å². The maximum atomic E-state index is 11.9. The molecule has 1 rings (SSSR count). The van der Waals surface area contributed by atoms with Crippen LogP contribution in [-0.2, 0) is 14.4 Å². The van der Waals surface area contributed by atoms with Gasteiger partial charge in [-0.1, -0.05) is 12.1 Å². The normalized spacial score (nSPS) is 10.8. The van der Waals surface area contributed by atoms with Crippen LogP contribution < -0.4 is 16.1 Å². The van der Waals surface area contributed by atoms with E-state index in [-0.39, 0.29) is 25.5 Å². The van der Waals surface area contributed by atoms with Gasteiger partial charge in [0.05, 0.1) is 18.7 Å². The fourth-order valence-corrected chi connectivity index (χ4v) is 1.86. The molecule has 1 aromatic carbocycles. The Bertz CT molecular complexity index is 619. The van der Waals surface area contributed by atoms with Crippen molar-refractivity contribution in [1.82, 2.24) is 10.7 Å². The lowest BCUT2D eigenvalue weighted by molar-refractivity contribution is -0.139. The lowest BCUT2D eigenvalue weighted by atomic mass is 10.2. The highest BCUT2D eigenvalue weighted by Gasteiger charge is 2.12. The van der Waals surface area contributed by atoms with Gasteiger partial charge in [0.15, 0.2) is 0 Å². The van der Waals surface area contributed by atoms with Crippen LogP contribution >= 0.6 is 15.9 Å². The van der Waals surface area contributed by atoms with E-state index in [1.807, 2.05) is 11.5 Å². The van der Waals surface area contributed by atoms with Crippen LogP contribution in [0, 0.1) is 0 Å². The molecule has 23 heavy (non-hydrogen) atoms. The number of carbonyl (C=O) groups excluding carboxylic acids is 3. The number of rotatable bonds is 6. The van der Waals surface area contributed by atoms with E-state index in [1.165, 1.54) is 0 Å². The summed E-state index contributed by atoms with van der Waals surface area (Å²) in [6, 6.07) is 7.14. The zero-order valence-corrected chi connectivity index (χ0v) is 14.0. The first-order valence-electron chi connectivity index (χ1n) is 6.70. The summed E-state index contributed by atoms with van der Waals surface area (Å²) < 4.78 is 0.747. The van der Waals surface area contributed by atoms with Crippen molar-refractivity contribution in [3.63, 3.8) is 0 Å². The van der Waals surface area contributed by atoms with E-state index in [4.69, 9.17) is 5.11 Å². The average Bonchev–Trinajstić information content (AvgIpc) is 2.52. The maximum absolute atomic E-state index is 11.9. The van der Waals surface area contributed by atoms with Crippen LogP contribution in [0.2, 0.25) is 0 Å². The van der Waals surface area contributed by atoms with Crippen molar-refractivity contribution < 1.29 is 19.5 Å². The Labute approximate surface area is 141 Å². The molecule has 0 bridgehead atoms. The number of hydrazone groups is 1. The molecular weight excluding hydrogens is 368 g/mol. The molecule has 1 aromatic rings. The Kier molecular flexibility index (Phi) is 7.92. The van der Waals surface area contributed by atoms with Crippen molar-refractivity contribution in [1.29, 1.82) is 0 Å². The number of amides is 3. The molecule has 0 radical (unpaired) electrons. The fraction of sp³-hybridized carbons (Fsp3) is 0.286. The summed E-state index contributed by atoms with van der Waals surface area (Å²) in [7, 11) is 0. The molecule has 0 saturated heterocycles. The van der Waals surface area contributed by atoms with Gasteiger partial charge in [-0.15, -0.1) is 0 Å². The monoisotopic (exact) mass is 384 g/mol. The van der Waals surface area contributed by atoms with Gasteiger partial charge in [-0.05, 0) is 35.0 Å². The third kappa shape index (κ3) is 7.02.